The van der Waals surface area contributed by atoms with Crippen LogP contribution in [0, 0.1) is 0 Å². The van der Waals surface area contributed by atoms with Crippen molar-refractivity contribution in [1.82, 2.24) is 0 Å². The molecule has 0 rings (SSSR count). The number of rotatable bonds is 6. The summed E-state index contributed by atoms with van der Waals surface area (Å²) >= 11 is 0. The zero-order valence-corrected chi connectivity index (χ0v) is 10.3. The van der Waals surface area contributed by atoms with Gasteiger partial charge in [-0.05, 0) is 20.3 Å². The molecule has 0 amide bonds. The minimum atomic E-state index is -1.01. The van der Waals surface area contributed by atoms with Crippen molar-refractivity contribution in [2.45, 2.75) is 52.2 Å². The number of carbonyl (C=O) groups excluding carboxylic acids is 2. The van der Waals surface area contributed by atoms with Crippen LogP contribution in [0.5, 0.6) is 0 Å². The number of aliphatic hydroxyl groups excluding tert-OH is 1. The number of carbonyl (C=O) groups is 2. The topological polar surface area (TPSA) is 72.8 Å². The minimum absolute atomic E-state index is 0.170. The van der Waals surface area contributed by atoms with Gasteiger partial charge in [-0.3, -0.25) is 9.59 Å². The van der Waals surface area contributed by atoms with Crippen LogP contribution >= 0.6 is 0 Å². The van der Waals surface area contributed by atoms with E-state index in [4.69, 9.17) is 4.74 Å². The van der Waals surface area contributed by atoms with Crippen molar-refractivity contribution in [2.24, 2.45) is 0 Å². The summed E-state index contributed by atoms with van der Waals surface area (Å²) < 4.78 is 9.69. The highest BCUT2D eigenvalue weighted by molar-refractivity contribution is 5.70. The second-order valence-electron chi connectivity index (χ2n) is 4.25. The van der Waals surface area contributed by atoms with Gasteiger partial charge in [-0.25, -0.2) is 0 Å². The van der Waals surface area contributed by atoms with Crippen molar-refractivity contribution < 1.29 is 24.2 Å². The Bertz CT molecular complexity index is 247. The molecule has 0 saturated carbocycles. The molecule has 0 fully saturated rings. The Morgan fingerprint density at radius 1 is 1.38 bits per heavy atom. The minimum Gasteiger partial charge on any atom is -0.463 e. The summed E-state index contributed by atoms with van der Waals surface area (Å²) in [4.78, 5) is 21.8. The van der Waals surface area contributed by atoms with Gasteiger partial charge in [-0.2, -0.15) is 0 Å². The maximum absolute atomic E-state index is 11.3. The van der Waals surface area contributed by atoms with E-state index in [1.54, 1.807) is 13.8 Å². The van der Waals surface area contributed by atoms with E-state index < -0.39 is 23.6 Å². The summed E-state index contributed by atoms with van der Waals surface area (Å²) in [6.07, 6.45) is -0.487. The molecule has 0 bridgehead atoms. The maximum atomic E-state index is 11.3. The molecule has 0 saturated heterocycles. The Labute approximate surface area is 95.7 Å². The van der Waals surface area contributed by atoms with Crippen molar-refractivity contribution in [3.8, 4) is 0 Å². The predicted molar refractivity (Wildman–Crippen MR) is 57.7 cm³/mol. The van der Waals surface area contributed by atoms with Crippen LogP contribution in [0.2, 0.25) is 0 Å². The third-order valence-corrected chi connectivity index (χ3v) is 2.12. The Morgan fingerprint density at radius 2 is 1.94 bits per heavy atom. The smallest absolute Gasteiger partial charge is 0.309 e. The molecular formula is C11H20O5. The molecular weight excluding hydrogens is 212 g/mol. The molecule has 0 spiro atoms. The Hall–Kier alpha value is -1.10. The van der Waals surface area contributed by atoms with Crippen LogP contribution in [-0.2, 0) is 19.1 Å². The Balaban J connectivity index is 3.91. The first kappa shape index (κ1) is 14.9. The molecule has 5 nitrogen and oxygen atoms in total. The lowest BCUT2D eigenvalue weighted by molar-refractivity contribution is -0.161. The fourth-order valence-electron chi connectivity index (χ4n) is 0.887. The van der Waals surface area contributed by atoms with Crippen molar-refractivity contribution in [3.05, 3.63) is 0 Å². The Morgan fingerprint density at radius 3 is 2.38 bits per heavy atom. The molecule has 5 heteroatoms. The molecule has 0 aromatic heterocycles. The first-order valence-electron chi connectivity index (χ1n) is 5.30. The van der Waals surface area contributed by atoms with Gasteiger partial charge in [0.1, 0.15) is 12.2 Å². The third kappa shape index (κ3) is 7.23. The van der Waals surface area contributed by atoms with E-state index in [0.717, 1.165) is 0 Å². The third-order valence-electron chi connectivity index (χ3n) is 2.12. The summed E-state index contributed by atoms with van der Waals surface area (Å²) in [5.74, 6) is -0.979. The van der Waals surface area contributed by atoms with Crippen molar-refractivity contribution in [1.29, 1.82) is 0 Å². The van der Waals surface area contributed by atoms with Crippen LogP contribution in [-0.4, -0.2) is 35.4 Å². The molecule has 0 aliphatic carbocycles. The second-order valence-corrected chi connectivity index (χ2v) is 4.25. The van der Waals surface area contributed by atoms with E-state index in [0.29, 0.717) is 6.42 Å². The second kappa shape index (κ2) is 6.48. The molecule has 0 heterocycles. The summed E-state index contributed by atoms with van der Waals surface area (Å²) in [5, 5.41) is 9.36. The predicted octanol–water partition coefficient (Wildman–Crippen LogP) is 1.03. The highest BCUT2D eigenvalue weighted by Gasteiger charge is 2.22. The van der Waals surface area contributed by atoms with Crippen molar-refractivity contribution in [3.63, 3.8) is 0 Å². The lowest BCUT2D eigenvalue weighted by atomic mass is 10.1. The van der Waals surface area contributed by atoms with Crippen LogP contribution in [0.15, 0.2) is 0 Å². The average molecular weight is 232 g/mol. The molecule has 1 atom stereocenters. The van der Waals surface area contributed by atoms with E-state index in [1.165, 1.54) is 6.92 Å². The van der Waals surface area contributed by atoms with Crippen LogP contribution in [0.1, 0.15) is 40.5 Å². The average Bonchev–Trinajstić information content (AvgIpc) is 2.13. The summed E-state index contributed by atoms with van der Waals surface area (Å²) in [7, 11) is 0. The van der Waals surface area contributed by atoms with Crippen LogP contribution in [0.3, 0.4) is 0 Å². The van der Waals surface area contributed by atoms with Gasteiger partial charge in [0.25, 0.3) is 0 Å². The molecule has 0 aromatic carbocycles. The van der Waals surface area contributed by atoms with E-state index in [-0.39, 0.29) is 13.0 Å². The highest BCUT2D eigenvalue weighted by atomic mass is 16.6. The zero-order valence-electron chi connectivity index (χ0n) is 10.3. The molecule has 1 N–H and O–H groups in total. The normalized spacial score (nSPS) is 13.1. The van der Waals surface area contributed by atoms with E-state index in [9.17, 15) is 14.7 Å². The molecule has 94 valence electrons. The molecule has 0 aliphatic rings. The first-order chi connectivity index (χ1) is 7.26. The van der Waals surface area contributed by atoms with Crippen LogP contribution in [0.4, 0.5) is 0 Å². The fourth-order valence-corrected chi connectivity index (χ4v) is 0.887. The Kier molecular flexibility index (Phi) is 6.03. The van der Waals surface area contributed by atoms with Crippen LogP contribution in [0.25, 0.3) is 0 Å². The lowest BCUT2D eigenvalue weighted by Crippen LogP contribution is -2.30. The van der Waals surface area contributed by atoms with Crippen LogP contribution < -0.4 is 0 Å². The standard InChI is InChI=1S/C11H20O5/c1-5-11(3,4)16-10(14)6-9(13)7-15-8(2)12/h9,13H,5-7H2,1-4H3. The number of hydrogen-bond donors (Lipinski definition) is 1. The summed E-state index contributed by atoms with van der Waals surface area (Å²) in [5.41, 5.74) is -0.530. The highest BCUT2D eigenvalue weighted by Crippen LogP contribution is 2.14. The van der Waals surface area contributed by atoms with E-state index in [2.05, 4.69) is 4.74 Å². The van der Waals surface area contributed by atoms with Crippen molar-refractivity contribution >= 4 is 11.9 Å². The van der Waals surface area contributed by atoms with Crippen molar-refractivity contribution in [2.75, 3.05) is 6.61 Å². The number of hydrogen-bond acceptors (Lipinski definition) is 5. The SMILES string of the molecule is CCC(C)(C)OC(=O)CC(O)COC(C)=O. The zero-order chi connectivity index (χ0) is 12.8. The molecule has 0 aliphatic heterocycles. The number of esters is 2. The quantitative estimate of drug-likeness (QED) is 0.692. The number of aliphatic hydroxyl groups is 1. The first-order valence-corrected chi connectivity index (χ1v) is 5.30. The lowest BCUT2D eigenvalue weighted by Gasteiger charge is -2.23. The van der Waals surface area contributed by atoms with Gasteiger partial charge in [-0.1, -0.05) is 6.92 Å². The van der Waals surface area contributed by atoms with E-state index >= 15 is 0 Å². The van der Waals surface area contributed by atoms with Gasteiger partial charge in [0.15, 0.2) is 0 Å². The molecule has 0 radical (unpaired) electrons. The van der Waals surface area contributed by atoms with Gasteiger partial charge in [0.2, 0.25) is 0 Å². The summed E-state index contributed by atoms with van der Waals surface area (Å²) in [6.45, 7) is 6.55. The van der Waals surface area contributed by atoms with Gasteiger partial charge < -0.3 is 14.6 Å². The van der Waals surface area contributed by atoms with Gasteiger partial charge in [-0.15, -0.1) is 0 Å². The fraction of sp³-hybridized carbons (Fsp3) is 0.818. The summed E-state index contributed by atoms with van der Waals surface area (Å²) in [6, 6.07) is 0. The number of ether oxygens (including phenoxy) is 2. The van der Waals surface area contributed by atoms with E-state index in [1.807, 2.05) is 6.92 Å². The maximum Gasteiger partial charge on any atom is 0.309 e. The monoisotopic (exact) mass is 232 g/mol. The van der Waals surface area contributed by atoms with Gasteiger partial charge in [0.05, 0.1) is 12.5 Å². The molecule has 1 unspecified atom stereocenters. The van der Waals surface area contributed by atoms with Gasteiger partial charge in [0, 0.05) is 6.92 Å². The van der Waals surface area contributed by atoms with Gasteiger partial charge >= 0.3 is 11.9 Å². The molecule has 0 aromatic rings. The molecule has 16 heavy (non-hydrogen) atoms. The largest absolute Gasteiger partial charge is 0.463 e.